The van der Waals surface area contributed by atoms with Crippen molar-refractivity contribution >= 4 is 40.9 Å². The second-order valence-electron chi connectivity index (χ2n) is 7.93. The van der Waals surface area contributed by atoms with Crippen molar-refractivity contribution in [3.63, 3.8) is 0 Å². The lowest BCUT2D eigenvalue weighted by Crippen LogP contribution is -2.54. The van der Waals surface area contributed by atoms with E-state index in [0.717, 1.165) is 22.5 Å². The summed E-state index contributed by atoms with van der Waals surface area (Å²) in [6, 6.07) is 10.1. The van der Waals surface area contributed by atoms with E-state index >= 15 is 0 Å². The third-order valence-electron chi connectivity index (χ3n) is 5.87. The number of thiocarbonyl (C=S) groups is 1. The number of amides is 2. The SMILES string of the molecule is Cc1cccc(N2C(=O)/C(=C/c3cc(C)n(C4CCCC4)c3C)C(=O)NC2=S)c1. The number of nitrogens with one attached hydrogen (secondary N) is 1. The summed E-state index contributed by atoms with van der Waals surface area (Å²) in [5, 5.41) is 2.78. The first-order valence-corrected chi connectivity index (χ1v) is 10.4. The van der Waals surface area contributed by atoms with E-state index in [1.807, 2.05) is 31.2 Å². The van der Waals surface area contributed by atoms with Crippen LogP contribution in [0.15, 0.2) is 35.9 Å². The lowest BCUT2D eigenvalue weighted by molar-refractivity contribution is -0.122. The van der Waals surface area contributed by atoms with Crippen LogP contribution in [0, 0.1) is 20.8 Å². The van der Waals surface area contributed by atoms with Crippen LogP contribution in [-0.2, 0) is 9.59 Å². The van der Waals surface area contributed by atoms with Crippen molar-refractivity contribution < 1.29 is 9.59 Å². The molecule has 150 valence electrons. The highest BCUT2D eigenvalue weighted by Crippen LogP contribution is 2.34. The van der Waals surface area contributed by atoms with Crippen LogP contribution < -0.4 is 10.2 Å². The summed E-state index contributed by atoms with van der Waals surface area (Å²) >= 11 is 5.29. The van der Waals surface area contributed by atoms with Crippen LogP contribution in [0.5, 0.6) is 0 Å². The van der Waals surface area contributed by atoms with Gasteiger partial charge in [0.1, 0.15) is 5.57 Å². The highest BCUT2D eigenvalue weighted by Gasteiger charge is 2.35. The maximum Gasteiger partial charge on any atom is 0.270 e. The van der Waals surface area contributed by atoms with Gasteiger partial charge in [-0.05, 0) is 81.2 Å². The topological polar surface area (TPSA) is 54.3 Å². The Labute approximate surface area is 176 Å². The molecule has 1 saturated heterocycles. The first kappa shape index (κ1) is 19.6. The minimum Gasteiger partial charge on any atom is -0.346 e. The van der Waals surface area contributed by atoms with Crippen molar-refractivity contribution in [3.8, 4) is 0 Å². The van der Waals surface area contributed by atoms with Gasteiger partial charge in [-0.15, -0.1) is 0 Å². The smallest absolute Gasteiger partial charge is 0.270 e. The Balaban J connectivity index is 1.73. The molecule has 2 amide bonds. The van der Waals surface area contributed by atoms with Crippen LogP contribution in [0.2, 0.25) is 0 Å². The average Bonchev–Trinajstić information content (AvgIpc) is 3.26. The van der Waals surface area contributed by atoms with Crippen LogP contribution in [0.25, 0.3) is 6.08 Å². The van der Waals surface area contributed by atoms with E-state index in [4.69, 9.17) is 12.2 Å². The zero-order chi connectivity index (χ0) is 20.7. The zero-order valence-corrected chi connectivity index (χ0v) is 17.8. The summed E-state index contributed by atoms with van der Waals surface area (Å²) in [6.45, 7) is 6.10. The molecule has 1 aromatic heterocycles. The van der Waals surface area contributed by atoms with Gasteiger partial charge in [0.25, 0.3) is 11.8 Å². The molecule has 0 radical (unpaired) electrons. The Kier molecular flexibility index (Phi) is 5.13. The predicted molar refractivity (Wildman–Crippen MR) is 119 cm³/mol. The van der Waals surface area contributed by atoms with Crippen molar-refractivity contribution in [1.82, 2.24) is 9.88 Å². The largest absolute Gasteiger partial charge is 0.346 e. The molecular formula is C23H25N3O2S. The van der Waals surface area contributed by atoms with Crippen molar-refractivity contribution in [1.29, 1.82) is 0 Å². The molecule has 2 aliphatic rings. The molecule has 0 atom stereocenters. The Morgan fingerprint density at radius 2 is 1.83 bits per heavy atom. The highest BCUT2D eigenvalue weighted by molar-refractivity contribution is 7.80. The first-order chi connectivity index (χ1) is 13.9. The molecule has 2 fully saturated rings. The number of rotatable bonds is 3. The molecular weight excluding hydrogens is 382 g/mol. The summed E-state index contributed by atoms with van der Waals surface area (Å²) in [7, 11) is 0. The van der Waals surface area contributed by atoms with E-state index in [9.17, 15) is 9.59 Å². The molecule has 0 unspecified atom stereocenters. The number of hydrogen-bond acceptors (Lipinski definition) is 3. The van der Waals surface area contributed by atoms with Crippen molar-refractivity contribution in [3.05, 3.63) is 58.4 Å². The van der Waals surface area contributed by atoms with Crippen LogP contribution in [-0.4, -0.2) is 21.5 Å². The van der Waals surface area contributed by atoms with Gasteiger partial charge in [0, 0.05) is 17.4 Å². The Morgan fingerprint density at radius 3 is 2.52 bits per heavy atom. The predicted octanol–water partition coefficient (Wildman–Crippen LogP) is 4.36. The summed E-state index contributed by atoms with van der Waals surface area (Å²) in [5.74, 6) is -0.843. The van der Waals surface area contributed by atoms with Crippen LogP contribution in [0.3, 0.4) is 0 Å². The summed E-state index contributed by atoms with van der Waals surface area (Å²) in [5.41, 5.74) is 4.94. The van der Waals surface area contributed by atoms with E-state index in [0.29, 0.717) is 11.7 Å². The molecule has 1 aromatic carbocycles. The number of nitrogens with zero attached hydrogens (tertiary/aromatic N) is 2. The Hall–Kier alpha value is -2.73. The van der Waals surface area contributed by atoms with Gasteiger partial charge in [0.2, 0.25) is 0 Å². The second kappa shape index (κ2) is 7.59. The monoisotopic (exact) mass is 407 g/mol. The summed E-state index contributed by atoms with van der Waals surface area (Å²) in [4.78, 5) is 27.2. The van der Waals surface area contributed by atoms with Crippen LogP contribution in [0.1, 0.15) is 54.2 Å². The zero-order valence-electron chi connectivity index (χ0n) is 17.0. The molecule has 2 heterocycles. The van der Waals surface area contributed by atoms with Crippen molar-refractivity contribution in [2.24, 2.45) is 0 Å². The third-order valence-corrected chi connectivity index (χ3v) is 6.16. The minimum atomic E-state index is -0.449. The third kappa shape index (κ3) is 3.53. The Morgan fingerprint density at radius 1 is 1.10 bits per heavy atom. The van der Waals surface area contributed by atoms with Gasteiger partial charge in [0.15, 0.2) is 5.11 Å². The van der Waals surface area contributed by atoms with Crippen LogP contribution in [0.4, 0.5) is 5.69 Å². The molecule has 1 aliphatic heterocycles. The van der Waals surface area contributed by atoms with Gasteiger partial charge in [0.05, 0.1) is 5.69 Å². The fourth-order valence-electron chi connectivity index (χ4n) is 4.49. The van der Waals surface area contributed by atoms with Crippen LogP contribution >= 0.6 is 12.2 Å². The standard InChI is InChI=1S/C23H25N3O2S/c1-14-7-6-10-19(11-14)26-22(28)20(21(27)24-23(26)29)13-17-12-15(2)25(16(17)3)18-8-4-5-9-18/h6-7,10-13,18H,4-5,8-9H2,1-3H3,(H,24,27,29)/b20-13+. The van der Waals surface area contributed by atoms with E-state index in [2.05, 4.69) is 29.8 Å². The summed E-state index contributed by atoms with van der Waals surface area (Å²) in [6.07, 6.45) is 6.57. The quantitative estimate of drug-likeness (QED) is 0.467. The number of aromatic nitrogens is 1. The molecule has 1 saturated carbocycles. The first-order valence-electron chi connectivity index (χ1n) is 10.0. The summed E-state index contributed by atoms with van der Waals surface area (Å²) < 4.78 is 2.35. The van der Waals surface area contributed by atoms with Gasteiger partial charge >= 0.3 is 0 Å². The average molecular weight is 408 g/mol. The molecule has 5 nitrogen and oxygen atoms in total. The van der Waals surface area contributed by atoms with Crippen molar-refractivity contribution in [2.45, 2.75) is 52.5 Å². The Bertz CT molecular complexity index is 1040. The van der Waals surface area contributed by atoms with Gasteiger partial charge in [-0.3, -0.25) is 19.8 Å². The molecule has 1 N–H and O–H groups in total. The molecule has 2 aromatic rings. The fraction of sp³-hybridized carbons (Fsp3) is 0.348. The molecule has 0 spiro atoms. The fourth-order valence-corrected chi connectivity index (χ4v) is 4.77. The van der Waals surface area contributed by atoms with E-state index in [1.165, 1.54) is 30.6 Å². The molecule has 0 bridgehead atoms. The number of aryl methyl sites for hydroxylation is 2. The molecule has 29 heavy (non-hydrogen) atoms. The van der Waals surface area contributed by atoms with Gasteiger partial charge < -0.3 is 4.57 Å². The van der Waals surface area contributed by atoms with Crippen molar-refractivity contribution in [2.75, 3.05) is 4.90 Å². The van der Waals surface area contributed by atoms with Gasteiger partial charge in [-0.2, -0.15) is 0 Å². The molecule has 1 aliphatic carbocycles. The number of hydrogen-bond donors (Lipinski definition) is 1. The van der Waals surface area contributed by atoms with Gasteiger partial charge in [-0.1, -0.05) is 25.0 Å². The number of benzene rings is 1. The number of carbonyl (C=O) groups excluding carboxylic acids is 2. The number of anilines is 1. The highest BCUT2D eigenvalue weighted by atomic mass is 32.1. The lowest BCUT2D eigenvalue weighted by atomic mass is 10.1. The maximum absolute atomic E-state index is 13.2. The lowest BCUT2D eigenvalue weighted by Gasteiger charge is -2.29. The maximum atomic E-state index is 13.2. The van der Waals surface area contributed by atoms with E-state index in [1.54, 1.807) is 6.08 Å². The second-order valence-corrected chi connectivity index (χ2v) is 8.32. The van der Waals surface area contributed by atoms with Gasteiger partial charge in [-0.25, -0.2) is 0 Å². The molecule has 4 rings (SSSR count). The molecule has 6 heteroatoms. The normalized spacial score (nSPS) is 19.3. The number of carbonyl (C=O) groups is 2. The minimum absolute atomic E-state index is 0.103. The van der Waals surface area contributed by atoms with E-state index < -0.39 is 11.8 Å². The van der Waals surface area contributed by atoms with E-state index in [-0.39, 0.29) is 10.7 Å².